The molecule has 0 aromatic carbocycles. The summed E-state index contributed by atoms with van der Waals surface area (Å²) in [6.07, 6.45) is 12.1. The van der Waals surface area contributed by atoms with Gasteiger partial charge in [0.2, 0.25) is 5.91 Å². The summed E-state index contributed by atoms with van der Waals surface area (Å²) in [6.45, 7) is 12.2. The fraction of sp³-hybridized carbons (Fsp3) is 0.625. The second-order valence-corrected chi connectivity index (χ2v) is 15.5. The molecule has 0 radical (unpaired) electrons. The lowest BCUT2D eigenvalue weighted by Gasteiger charge is -2.51. The van der Waals surface area contributed by atoms with Crippen LogP contribution in [0.4, 0.5) is 10.6 Å². The molecule has 11 nitrogen and oxygen atoms in total. The number of ether oxygens (including phenoxy) is 3. The van der Waals surface area contributed by atoms with E-state index in [2.05, 4.69) is 38.9 Å². The second kappa shape index (κ2) is 15.7. The van der Waals surface area contributed by atoms with Crippen LogP contribution in [0.3, 0.4) is 0 Å². The first-order valence-electron chi connectivity index (χ1n) is 18.8. The first-order valence-corrected chi connectivity index (χ1v) is 18.8. The Bertz CT molecular complexity index is 1650. The average molecular weight is 701 g/mol. The van der Waals surface area contributed by atoms with Crippen molar-refractivity contribution in [3.05, 3.63) is 54.2 Å². The summed E-state index contributed by atoms with van der Waals surface area (Å²) in [4.78, 5) is 40.7. The predicted molar refractivity (Wildman–Crippen MR) is 197 cm³/mol. The predicted octanol–water partition coefficient (Wildman–Crippen LogP) is 7.60. The topological polar surface area (TPSA) is 112 Å². The molecule has 3 aromatic heterocycles. The van der Waals surface area contributed by atoms with E-state index in [1.807, 2.05) is 47.1 Å². The molecule has 0 bridgehead atoms. The van der Waals surface area contributed by atoms with Crippen LogP contribution in [0.2, 0.25) is 0 Å². The van der Waals surface area contributed by atoms with E-state index in [4.69, 9.17) is 24.2 Å². The molecular formula is C40H56N6O5. The monoisotopic (exact) mass is 700 g/mol. The van der Waals surface area contributed by atoms with Crippen LogP contribution in [-0.4, -0.2) is 82.2 Å². The maximum absolute atomic E-state index is 14.5. The normalized spacial score (nSPS) is 23.2. The third kappa shape index (κ3) is 8.08. The number of pyridine rings is 2. The van der Waals surface area contributed by atoms with Crippen molar-refractivity contribution in [1.82, 2.24) is 24.6 Å². The lowest BCUT2D eigenvalue weighted by molar-refractivity contribution is -0.144. The molecule has 3 fully saturated rings. The van der Waals surface area contributed by atoms with Gasteiger partial charge in [0.05, 0.1) is 32.1 Å². The molecule has 11 heteroatoms. The maximum Gasteiger partial charge on any atom is 0.410 e. The van der Waals surface area contributed by atoms with Gasteiger partial charge in [-0.05, 0) is 114 Å². The highest BCUT2D eigenvalue weighted by molar-refractivity contribution is 5.94. The minimum Gasteiger partial charge on any atom is -0.495 e. The zero-order valence-corrected chi connectivity index (χ0v) is 31.5. The Hall–Kier alpha value is -3.99. The molecule has 1 aliphatic heterocycles. The van der Waals surface area contributed by atoms with Gasteiger partial charge in [0.25, 0.3) is 0 Å². The first-order chi connectivity index (χ1) is 24.5. The minimum atomic E-state index is -0.294. The molecule has 0 spiro atoms. The third-order valence-electron chi connectivity index (χ3n) is 11.7. The summed E-state index contributed by atoms with van der Waals surface area (Å²) in [5, 5.41) is 4.54. The molecule has 3 aliphatic rings. The van der Waals surface area contributed by atoms with Gasteiger partial charge in [-0.2, -0.15) is 5.10 Å². The van der Waals surface area contributed by atoms with E-state index in [0.717, 1.165) is 53.9 Å². The number of anilines is 1. The number of aromatic nitrogens is 4. The number of hydrogen-bond donors (Lipinski definition) is 0. The highest BCUT2D eigenvalue weighted by atomic mass is 16.6. The fourth-order valence-electron chi connectivity index (χ4n) is 8.05. The van der Waals surface area contributed by atoms with Crippen LogP contribution in [0.15, 0.2) is 42.9 Å². The van der Waals surface area contributed by atoms with Gasteiger partial charge in [0, 0.05) is 55.2 Å². The van der Waals surface area contributed by atoms with E-state index in [9.17, 15) is 9.59 Å². The number of nitrogens with zero attached hydrogens (tertiary/aromatic N) is 6. The van der Waals surface area contributed by atoms with Crippen molar-refractivity contribution in [3.8, 4) is 16.9 Å². The van der Waals surface area contributed by atoms with Crippen LogP contribution in [0, 0.1) is 24.7 Å². The number of amides is 2. The van der Waals surface area contributed by atoms with Crippen LogP contribution in [0.5, 0.6) is 5.75 Å². The van der Waals surface area contributed by atoms with Gasteiger partial charge in [-0.25, -0.2) is 9.78 Å². The number of rotatable bonds is 11. The van der Waals surface area contributed by atoms with E-state index in [1.54, 1.807) is 25.3 Å². The van der Waals surface area contributed by atoms with Gasteiger partial charge < -0.3 is 19.1 Å². The first kappa shape index (κ1) is 36.8. The smallest absolute Gasteiger partial charge is 0.410 e. The molecule has 2 saturated carbocycles. The molecule has 0 N–H and O–H groups in total. The third-order valence-corrected chi connectivity index (χ3v) is 11.7. The lowest BCUT2D eigenvalue weighted by Crippen LogP contribution is -2.67. The van der Waals surface area contributed by atoms with Crippen molar-refractivity contribution in [1.29, 1.82) is 0 Å². The molecule has 51 heavy (non-hydrogen) atoms. The summed E-state index contributed by atoms with van der Waals surface area (Å²) in [7, 11) is 3.39. The molecule has 0 unspecified atom stereocenters. The van der Waals surface area contributed by atoms with Gasteiger partial charge in [-0.3, -0.25) is 19.4 Å². The number of carbonyl (C=O) groups excluding carboxylic acids is 2. The van der Waals surface area contributed by atoms with Crippen LogP contribution < -0.4 is 9.64 Å². The molecular weight excluding hydrogens is 644 g/mol. The Morgan fingerprint density at radius 1 is 0.961 bits per heavy atom. The summed E-state index contributed by atoms with van der Waals surface area (Å²) in [5.41, 5.74) is 3.75. The molecule has 2 aliphatic carbocycles. The molecule has 0 atom stereocenters. The summed E-state index contributed by atoms with van der Waals surface area (Å²) < 4.78 is 19.0. The molecule has 6 rings (SSSR count). The molecule has 276 valence electrons. The van der Waals surface area contributed by atoms with E-state index in [1.165, 1.54) is 0 Å². The zero-order valence-electron chi connectivity index (χ0n) is 31.5. The van der Waals surface area contributed by atoms with Gasteiger partial charge in [-0.15, -0.1) is 0 Å². The highest BCUT2D eigenvalue weighted by Gasteiger charge is 2.49. The molecule has 4 heterocycles. The van der Waals surface area contributed by atoms with Crippen molar-refractivity contribution >= 4 is 17.8 Å². The Morgan fingerprint density at radius 2 is 1.69 bits per heavy atom. The zero-order chi connectivity index (χ0) is 36.3. The van der Waals surface area contributed by atoms with E-state index in [-0.39, 0.29) is 35.7 Å². The SMILES string of the molecule is COc1ccc(C2CCC(CN(C(=O)C3CCC(OC(=O)N4CC(OC)(C(C)C)C4)CC3)c3cc(-c4cnn(C(C)C)c4)ccn3)CC2)nc1C. The summed E-state index contributed by atoms with van der Waals surface area (Å²) >= 11 is 0. The van der Waals surface area contributed by atoms with Gasteiger partial charge in [0.15, 0.2) is 0 Å². The maximum atomic E-state index is 14.5. The number of aryl methyl sites for hydroxylation is 1. The van der Waals surface area contributed by atoms with Crippen LogP contribution in [0.1, 0.15) is 102 Å². The van der Waals surface area contributed by atoms with Crippen LogP contribution in [0.25, 0.3) is 11.1 Å². The largest absolute Gasteiger partial charge is 0.495 e. The van der Waals surface area contributed by atoms with E-state index < -0.39 is 0 Å². The average Bonchev–Trinajstić information content (AvgIpc) is 3.62. The molecule has 2 amide bonds. The van der Waals surface area contributed by atoms with E-state index in [0.29, 0.717) is 68.9 Å². The number of likely N-dealkylation sites (tertiary alicyclic amines) is 1. The quantitative estimate of drug-likeness (QED) is 0.201. The fourth-order valence-corrected chi connectivity index (χ4v) is 8.05. The van der Waals surface area contributed by atoms with Crippen molar-refractivity contribution in [2.45, 2.75) is 110 Å². The van der Waals surface area contributed by atoms with Gasteiger partial charge >= 0.3 is 6.09 Å². The van der Waals surface area contributed by atoms with Crippen molar-refractivity contribution in [2.24, 2.45) is 17.8 Å². The number of methoxy groups -OCH3 is 2. The lowest BCUT2D eigenvalue weighted by atomic mass is 9.79. The highest BCUT2D eigenvalue weighted by Crippen LogP contribution is 2.39. The summed E-state index contributed by atoms with van der Waals surface area (Å²) in [5.74, 6) is 2.54. The van der Waals surface area contributed by atoms with Gasteiger partial charge in [-0.1, -0.05) is 13.8 Å². The van der Waals surface area contributed by atoms with Crippen LogP contribution in [-0.2, 0) is 14.3 Å². The Kier molecular flexibility index (Phi) is 11.3. The van der Waals surface area contributed by atoms with Crippen molar-refractivity contribution in [2.75, 3.05) is 38.8 Å². The Labute approximate surface area is 303 Å². The van der Waals surface area contributed by atoms with Crippen molar-refractivity contribution in [3.63, 3.8) is 0 Å². The van der Waals surface area contributed by atoms with Crippen molar-refractivity contribution < 1.29 is 23.8 Å². The van der Waals surface area contributed by atoms with Gasteiger partial charge in [0.1, 0.15) is 23.3 Å². The number of carbonyl (C=O) groups is 2. The molecule has 3 aromatic rings. The van der Waals surface area contributed by atoms with E-state index >= 15 is 0 Å². The Morgan fingerprint density at radius 3 is 2.29 bits per heavy atom. The standard InChI is InChI=1S/C40H56N6O5/c1-26(2)40(50-7)24-44(25-40)39(48)51-34-14-12-31(13-15-34)38(47)45(37-20-32(18-19-41-37)33-21-42-46(23-33)27(3)4)22-29-8-10-30(11-9-29)35-16-17-36(49-6)28(5)43-35/h16-21,23,26-27,29-31,34H,8-15,22,24-25H2,1-7H3. The Balaban J connectivity index is 1.12. The summed E-state index contributed by atoms with van der Waals surface area (Å²) in [6, 6.07) is 8.39. The second-order valence-electron chi connectivity index (χ2n) is 15.5. The van der Waals surface area contributed by atoms with Crippen LogP contribution >= 0.6 is 0 Å². The minimum absolute atomic E-state index is 0.112. The number of hydrogen-bond acceptors (Lipinski definition) is 8. The molecule has 1 saturated heterocycles.